The van der Waals surface area contributed by atoms with Gasteiger partial charge >= 0.3 is 0 Å². The zero-order valence-electron chi connectivity index (χ0n) is 11.6. The summed E-state index contributed by atoms with van der Waals surface area (Å²) in [5, 5.41) is 5.50. The smallest absolute Gasteiger partial charge is 0.253 e. The van der Waals surface area contributed by atoms with Crippen LogP contribution >= 0.6 is 12.4 Å². The third kappa shape index (κ3) is 4.89. The number of nitrogens with one attached hydrogen (secondary N) is 2. The van der Waals surface area contributed by atoms with Gasteiger partial charge in [0.05, 0.1) is 6.54 Å². The minimum atomic E-state index is -0.135. The second kappa shape index (κ2) is 7.76. The molecule has 106 valence electrons. The van der Waals surface area contributed by atoms with Crippen LogP contribution < -0.4 is 10.6 Å². The van der Waals surface area contributed by atoms with Gasteiger partial charge in [-0.3, -0.25) is 9.59 Å². The number of nitrogens with zero attached hydrogens (tertiary/aromatic N) is 1. The normalized spacial score (nSPS) is 9.47. The highest BCUT2D eigenvalue weighted by Gasteiger charge is 2.12. The molecule has 0 atom stereocenters. The van der Waals surface area contributed by atoms with Crippen LogP contribution in [0.25, 0.3) is 0 Å². The fraction of sp³-hybridized carbons (Fsp3) is 0.385. The van der Waals surface area contributed by atoms with E-state index in [1.165, 1.54) is 4.90 Å². The van der Waals surface area contributed by atoms with Crippen LogP contribution in [-0.4, -0.2) is 44.4 Å². The van der Waals surface area contributed by atoms with Gasteiger partial charge < -0.3 is 15.5 Å². The monoisotopic (exact) mass is 285 g/mol. The summed E-state index contributed by atoms with van der Waals surface area (Å²) in [6, 6.07) is 5.31. The summed E-state index contributed by atoms with van der Waals surface area (Å²) in [5.74, 6) is -0.207. The van der Waals surface area contributed by atoms with Gasteiger partial charge in [0.1, 0.15) is 0 Å². The van der Waals surface area contributed by atoms with E-state index in [1.807, 2.05) is 13.0 Å². The van der Waals surface area contributed by atoms with Gasteiger partial charge in [0, 0.05) is 25.3 Å². The van der Waals surface area contributed by atoms with Crippen LogP contribution in [0.3, 0.4) is 0 Å². The van der Waals surface area contributed by atoms with Crippen LogP contribution in [-0.2, 0) is 4.79 Å². The van der Waals surface area contributed by atoms with Crippen molar-refractivity contribution < 1.29 is 9.59 Å². The van der Waals surface area contributed by atoms with Crippen LogP contribution in [0.5, 0.6) is 0 Å². The molecule has 0 heterocycles. The van der Waals surface area contributed by atoms with Crippen molar-refractivity contribution in [2.24, 2.45) is 0 Å². The van der Waals surface area contributed by atoms with Crippen molar-refractivity contribution in [2.45, 2.75) is 6.92 Å². The molecule has 0 fully saturated rings. The molecule has 1 rings (SSSR count). The van der Waals surface area contributed by atoms with Gasteiger partial charge in [-0.05, 0) is 31.7 Å². The molecule has 19 heavy (non-hydrogen) atoms. The van der Waals surface area contributed by atoms with E-state index in [0.29, 0.717) is 11.3 Å². The highest BCUT2D eigenvalue weighted by molar-refractivity contribution is 5.98. The summed E-state index contributed by atoms with van der Waals surface area (Å²) in [7, 11) is 5.11. The Hall–Kier alpha value is -1.59. The summed E-state index contributed by atoms with van der Waals surface area (Å²) in [4.78, 5) is 24.9. The molecule has 5 nitrogen and oxygen atoms in total. The van der Waals surface area contributed by atoms with E-state index >= 15 is 0 Å². The van der Waals surface area contributed by atoms with Crippen molar-refractivity contribution in [3.63, 3.8) is 0 Å². The molecule has 0 spiro atoms. The minimum Gasteiger partial charge on any atom is -0.345 e. The standard InChI is InChI=1S/C13H19N3O2.ClH/c1-9-5-6-10(15-12(17)8-14-2)7-11(9)13(18)16(3)4;/h5-7,14H,8H2,1-4H3,(H,15,17);1H. The van der Waals surface area contributed by atoms with E-state index in [4.69, 9.17) is 0 Å². The summed E-state index contributed by atoms with van der Waals surface area (Å²) in [6.45, 7) is 2.11. The van der Waals surface area contributed by atoms with E-state index in [2.05, 4.69) is 10.6 Å². The Kier molecular flexibility index (Phi) is 7.11. The van der Waals surface area contributed by atoms with Gasteiger partial charge in [-0.1, -0.05) is 6.07 Å². The lowest BCUT2D eigenvalue weighted by Gasteiger charge is -2.14. The topological polar surface area (TPSA) is 61.4 Å². The van der Waals surface area contributed by atoms with Crippen molar-refractivity contribution in [2.75, 3.05) is 33.0 Å². The molecule has 0 aromatic heterocycles. The Morgan fingerprint density at radius 3 is 2.42 bits per heavy atom. The maximum Gasteiger partial charge on any atom is 0.253 e. The molecule has 0 bridgehead atoms. The van der Waals surface area contributed by atoms with Gasteiger partial charge in [0.2, 0.25) is 5.91 Å². The predicted octanol–water partition coefficient (Wildman–Crippen LogP) is 1.28. The second-order valence-electron chi connectivity index (χ2n) is 4.31. The molecule has 1 aromatic carbocycles. The number of carbonyl (C=O) groups excluding carboxylic acids is 2. The Balaban J connectivity index is 0.00000324. The fourth-order valence-electron chi connectivity index (χ4n) is 1.54. The fourth-order valence-corrected chi connectivity index (χ4v) is 1.54. The van der Waals surface area contributed by atoms with Gasteiger partial charge in [-0.25, -0.2) is 0 Å². The Labute approximate surface area is 119 Å². The SMILES string of the molecule is CNCC(=O)Nc1ccc(C)c(C(=O)N(C)C)c1.Cl. The molecule has 6 heteroatoms. The van der Waals surface area contributed by atoms with Crippen molar-refractivity contribution >= 4 is 29.9 Å². The largest absolute Gasteiger partial charge is 0.345 e. The summed E-state index contributed by atoms with van der Waals surface area (Å²) < 4.78 is 0. The zero-order valence-corrected chi connectivity index (χ0v) is 12.4. The first-order valence-corrected chi connectivity index (χ1v) is 5.72. The molecule has 0 unspecified atom stereocenters. The number of amides is 2. The first kappa shape index (κ1) is 17.4. The number of aryl methyl sites for hydroxylation is 1. The third-order valence-electron chi connectivity index (χ3n) is 2.50. The molecule has 2 N–H and O–H groups in total. The predicted molar refractivity (Wildman–Crippen MR) is 79.0 cm³/mol. The van der Waals surface area contributed by atoms with Crippen molar-refractivity contribution in [1.82, 2.24) is 10.2 Å². The number of benzene rings is 1. The highest BCUT2D eigenvalue weighted by atomic mass is 35.5. The van der Waals surface area contributed by atoms with E-state index in [0.717, 1.165) is 5.56 Å². The van der Waals surface area contributed by atoms with E-state index in [9.17, 15) is 9.59 Å². The summed E-state index contributed by atoms with van der Waals surface area (Å²) in [6.07, 6.45) is 0. The first-order valence-electron chi connectivity index (χ1n) is 5.72. The average molecular weight is 286 g/mol. The quantitative estimate of drug-likeness (QED) is 0.876. The number of halogens is 1. The molecule has 0 aliphatic rings. The molecule has 0 aliphatic heterocycles. The molecule has 2 amide bonds. The van der Waals surface area contributed by atoms with Crippen LogP contribution in [0.2, 0.25) is 0 Å². The molecular formula is C13H20ClN3O2. The second-order valence-corrected chi connectivity index (χ2v) is 4.31. The van der Waals surface area contributed by atoms with Gasteiger partial charge in [0.15, 0.2) is 0 Å². The maximum absolute atomic E-state index is 11.9. The minimum absolute atomic E-state index is 0. The van der Waals surface area contributed by atoms with Crippen LogP contribution in [0, 0.1) is 6.92 Å². The van der Waals surface area contributed by atoms with Gasteiger partial charge in [0.25, 0.3) is 5.91 Å². The maximum atomic E-state index is 11.9. The lowest BCUT2D eigenvalue weighted by atomic mass is 10.1. The number of likely N-dealkylation sites (N-methyl/N-ethyl adjacent to an activating group) is 1. The number of carbonyl (C=O) groups is 2. The van der Waals surface area contributed by atoms with Crippen LogP contribution in [0.15, 0.2) is 18.2 Å². The molecule has 0 radical (unpaired) electrons. The lowest BCUT2D eigenvalue weighted by molar-refractivity contribution is -0.115. The molecule has 1 aromatic rings. The molecule has 0 aliphatic carbocycles. The zero-order chi connectivity index (χ0) is 13.7. The molecular weight excluding hydrogens is 266 g/mol. The molecule has 0 saturated heterocycles. The van der Waals surface area contributed by atoms with Crippen molar-refractivity contribution in [1.29, 1.82) is 0 Å². The summed E-state index contributed by atoms with van der Waals surface area (Å²) >= 11 is 0. The number of rotatable bonds is 4. The van der Waals surface area contributed by atoms with E-state index < -0.39 is 0 Å². The van der Waals surface area contributed by atoms with E-state index in [-0.39, 0.29) is 30.8 Å². The molecule has 0 saturated carbocycles. The average Bonchev–Trinajstić information content (AvgIpc) is 2.31. The Morgan fingerprint density at radius 2 is 1.89 bits per heavy atom. The lowest BCUT2D eigenvalue weighted by Crippen LogP contribution is -2.26. The van der Waals surface area contributed by atoms with E-state index in [1.54, 1.807) is 33.3 Å². The van der Waals surface area contributed by atoms with Gasteiger partial charge in [-0.15, -0.1) is 12.4 Å². The van der Waals surface area contributed by atoms with Crippen LogP contribution in [0.4, 0.5) is 5.69 Å². The van der Waals surface area contributed by atoms with Gasteiger partial charge in [-0.2, -0.15) is 0 Å². The van der Waals surface area contributed by atoms with Crippen molar-refractivity contribution in [3.8, 4) is 0 Å². The van der Waals surface area contributed by atoms with Crippen molar-refractivity contribution in [3.05, 3.63) is 29.3 Å². The number of hydrogen-bond donors (Lipinski definition) is 2. The number of anilines is 1. The number of hydrogen-bond acceptors (Lipinski definition) is 3. The Morgan fingerprint density at radius 1 is 1.26 bits per heavy atom. The Bertz CT molecular complexity index is 461. The summed E-state index contributed by atoms with van der Waals surface area (Å²) in [5.41, 5.74) is 2.12. The first-order chi connectivity index (χ1) is 8.45. The highest BCUT2D eigenvalue weighted by Crippen LogP contribution is 2.16. The van der Waals surface area contributed by atoms with Crippen LogP contribution in [0.1, 0.15) is 15.9 Å². The third-order valence-corrected chi connectivity index (χ3v) is 2.50.